The molecule has 2 rings (SSSR count). The number of ether oxygens (including phenoxy) is 1. The van der Waals surface area contributed by atoms with Gasteiger partial charge in [0.1, 0.15) is 0 Å². The van der Waals surface area contributed by atoms with E-state index >= 15 is 0 Å². The minimum atomic E-state index is 0.248. The second-order valence-electron chi connectivity index (χ2n) is 4.62. The van der Waals surface area contributed by atoms with Crippen molar-refractivity contribution in [3.8, 4) is 0 Å². The molecule has 1 aliphatic heterocycles. The SMILES string of the molecule is Cn1nccc1CCC(N)CC1CCCO1. The third-order valence-corrected chi connectivity index (χ3v) is 3.28. The number of hydrogen-bond donors (Lipinski definition) is 1. The Kier molecular flexibility index (Phi) is 3.96. The fourth-order valence-corrected chi connectivity index (χ4v) is 2.27. The average Bonchev–Trinajstić information content (AvgIpc) is 2.87. The summed E-state index contributed by atoms with van der Waals surface area (Å²) in [5, 5.41) is 4.15. The van der Waals surface area contributed by atoms with Gasteiger partial charge in [0.15, 0.2) is 0 Å². The number of aryl methyl sites for hydroxylation is 2. The zero-order valence-electron chi connectivity index (χ0n) is 9.93. The van der Waals surface area contributed by atoms with Gasteiger partial charge in [0.2, 0.25) is 0 Å². The highest BCUT2D eigenvalue weighted by Crippen LogP contribution is 2.18. The van der Waals surface area contributed by atoms with E-state index in [1.807, 2.05) is 17.9 Å². The number of nitrogens with two attached hydrogens (primary N) is 1. The maximum Gasteiger partial charge on any atom is 0.0590 e. The third kappa shape index (κ3) is 3.06. The summed E-state index contributed by atoms with van der Waals surface area (Å²) in [5.41, 5.74) is 7.36. The largest absolute Gasteiger partial charge is 0.378 e. The Bertz CT molecular complexity index is 318. The van der Waals surface area contributed by atoms with E-state index in [1.54, 1.807) is 0 Å². The zero-order valence-corrected chi connectivity index (χ0v) is 9.93. The molecular formula is C12H21N3O. The summed E-state index contributed by atoms with van der Waals surface area (Å²) >= 11 is 0. The van der Waals surface area contributed by atoms with Crippen LogP contribution in [0.2, 0.25) is 0 Å². The molecule has 2 unspecified atom stereocenters. The van der Waals surface area contributed by atoms with Crippen LogP contribution in [0, 0.1) is 0 Å². The molecular weight excluding hydrogens is 202 g/mol. The molecule has 0 saturated carbocycles. The fourth-order valence-electron chi connectivity index (χ4n) is 2.27. The van der Waals surface area contributed by atoms with Crippen molar-refractivity contribution in [2.75, 3.05) is 6.61 Å². The van der Waals surface area contributed by atoms with E-state index < -0.39 is 0 Å². The smallest absolute Gasteiger partial charge is 0.0590 e. The predicted molar refractivity (Wildman–Crippen MR) is 63.1 cm³/mol. The Morgan fingerprint density at radius 2 is 2.56 bits per heavy atom. The van der Waals surface area contributed by atoms with Crippen LogP contribution in [0.5, 0.6) is 0 Å². The van der Waals surface area contributed by atoms with E-state index in [0.717, 1.165) is 25.9 Å². The monoisotopic (exact) mass is 223 g/mol. The molecule has 4 heteroatoms. The first kappa shape index (κ1) is 11.6. The van der Waals surface area contributed by atoms with Crippen LogP contribution in [0.1, 0.15) is 31.4 Å². The van der Waals surface area contributed by atoms with E-state index in [4.69, 9.17) is 10.5 Å². The first-order chi connectivity index (χ1) is 7.75. The highest BCUT2D eigenvalue weighted by Gasteiger charge is 2.18. The molecule has 4 nitrogen and oxygen atoms in total. The highest BCUT2D eigenvalue weighted by molar-refractivity contribution is 5.00. The van der Waals surface area contributed by atoms with Crippen LogP contribution < -0.4 is 5.73 Å². The molecule has 2 N–H and O–H groups in total. The predicted octanol–water partition coefficient (Wildman–Crippen LogP) is 1.25. The summed E-state index contributed by atoms with van der Waals surface area (Å²) in [6.45, 7) is 0.916. The van der Waals surface area contributed by atoms with Crippen molar-refractivity contribution < 1.29 is 4.74 Å². The lowest BCUT2D eigenvalue weighted by Crippen LogP contribution is -2.26. The molecule has 0 radical (unpaired) electrons. The van der Waals surface area contributed by atoms with Gasteiger partial charge in [-0.05, 0) is 38.2 Å². The van der Waals surface area contributed by atoms with E-state index in [-0.39, 0.29) is 6.04 Å². The molecule has 0 bridgehead atoms. The minimum Gasteiger partial charge on any atom is -0.378 e. The molecule has 2 atom stereocenters. The molecule has 0 aliphatic carbocycles. The number of aromatic nitrogens is 2. The summed E-state index contributed by atoms with van der Waals surface area (Å²) in [7, 11) is 1.97. The van der Waals surface area contributed by atoms with Gasteiger partial charge < -0.3 is 10.5 Å². The van der Waals surface area contributed by atoms with Gasteiger partial charge in [0, 0.05) is 31.6 Å². The lowest BCUT2D eigenvalue weighted by atomic mass is 10.0. The Morgan fingerprint density at radius 3 is 3.19 bits per heavy atom. The van der Waals surface area contributed by atoms with Crippen LogP contribution in [0.15, 0.2) is 12.3 Å². The molecule has 0 spiro atoms. The van der Waals surface area contributed by atoms with Crippen LogP contribution in [-0.4, -0.2) is 28.5 Å². The van der Waals surface area contributed by atoms with Crippen LogP contribution in [0.25, 0.3) is 0 Å². The van der Waals surface area contributed by atoms with Gasteiger partial charge in [-0.2, -0.15) is 5.10 Å². The molecule has 1 aliphatic rings. The van der Waals surface area contributed by atoms with Gasteiger partial charge in [-0.1, -0.05) is 0 Å². The first-order valence-electron chi connectivity index (χ1n) is 6.10. The topological polar surface area (TPSA) is 53.1 Å². The molecule has 1 fully saturated rings. The van der Waals surface area contributed by atoms with Gasteiger partial charge in [-0.25, -0.2) is 0 Å². The normalized spacial score (nSPS) is 22.5. The van der Waals surface area contributed by atoms with E-state index in [9.17, 15) is 0 Å². The molecule has 2 heterocycles. The maximum atomic E-state index is 6.11. The van der Waals surface area contributed by atoms with Gasteiger partial charge in [0.05, 0.1) is 6.10 Å². The second kappa shape index (κ2) is 5.46. The van der Waals surface area contributed by atoms with Crippen molar-refractivity contribution in [1.29, 1.82) is 0 Å². The van der Waals surface area contributed by atoms with Gasteiger partial charge >= 0.3 is 0 Å². The van der Waals surface area contributed by atoms with Crippen molar-refractivity contribution in [1.82, 2.24) is 9.78 Å². The Hall–Kier alpha value is -0.870. The average molecular weight is 223 g/mol. The lowest BCUT2D eigenvalue weighted by molar-refractivity contribution is 0.0975. The summed E-state index contributed by atoms with van der Waals surface area (Å²) in [6.07, 6.45) is 7.63. The molecule has 1 saturated heterocycles. The minimum absolute atomic E-state index is 0.248. The molecule has 1 aromatic heterocycles. The van der Waals surface area contributed by atoms with Crippen molar-refractivity contribution >= 4 is 0 Å². The number of hydrogen-bond acceptors (Lipinski definition) is 3. The zero-order chi connectivity index (χ0) is 11.4. The summed E-state index contributed by atoms with van der Waals surface area (Å²) in [4.78, 5) is 0. The lowest BCUT2D eigenvalue weighted by Gasteiger charge is -2.15. The van der Waals surface area contributed by atoms with Crippen molar-refractivity contribution in [2.24, 2.45) is 12.8 Å². The third-order valence-electron chi connectivity index (χ3n) is 3.28. The van der Waals surface area contributed by atoms with Gasteiger partial charge in [-0.15, -0.1) is 0 Å². The van der Waals surface area contributed by atoms with E-state index in [1.165, 1.54) is 18.5 Å². The Balaban J connectivity index is 1.71. The standard InChI is InChI=1S/C12H21N3O/c1-15-11(6-7-14-15)5-4-10(13)9-12-3-2-8-16-12/h6-7,10,12H,2-5,8-9,13H2,1H3. The summed E-state index contributed by atoms with van der Waals surface area (Å²) in [5.74, 6) is 0. The summed E-state index contributed by atoms with van der Waals surface area (Å²) in [6, 6.07) is 2.30. The van der Waals surface area contributed by atoms with Gasteiger partial charge in [0.25, 0.3) is 0 Å². The quantitative estimate of drug-likeness (QED) is 0.817. The molecule has 90 valence electrons. The maximum absolute atomic E-state index is 6.11. The second-order valence-corrected chi connectivity index (χ2v) is 4.62. The van der Waals surface area contributed by atoms with Crippen LogP contribution >= 0.6 is 0 Å². The van der Waals surface area contributed by atoms with Crippen molar-refractivity contribution in [3.05, 3.63) is 18.0 Å². The fraction of sp³-hybridized carbons (Fsp3) is 0.750. The van der Waals surface area contributed by atoms with E-state index in [2.05, 4.69) is 11.2 Å². The van der Waals surface area contributed by atoms with Gasteiger partial charge in [-0.3, -0.25) is 4.68 Å². The first-order valence-corrected chi connectivity index (χ1v) is 6.10. The molecule has 0 amide bonds. The molecule has 1 aromatic rings. The number of rotatable bonds is 5. The number of nitrogens with zero attached hydrogens (tertiary/aromatic N) is 2. The van der Waals surface area contributed by atoms with Crippen LogP contribution in [0.4, 0.5) is 0 Å². The van der Waals surface area contributed by atoms with E-state index in [0.29, 0.717) is 6.10 Å². The van der Waals surface area contributed by atoms with Crippen LogP contribution in [-0.2, 0) is 18.2 Å². The molecule has 0 aromatic carbocycles. The highest BCUT2D eigenvalue weighted by atomic mass is 16.5. The Labute approximate surface area is 96.8 Å². The molecule has 16 heavy (non-hydrogen) atoms. The van der Waals surface area contributed by atoms with Crippen molar-refractivity contribution in [2.45, 2.75) is 44.2 Å². The Morgan fingerprint density at radius 1 is 1.69 bits per heavy atom. The summed E-state index contributed by atoms with van der Waals surface area (Å²) < 4.78 is 7.50. The van der Waals surface area contributed by atoms with Crippen LogP contribution in [0.3, 0.4) is 0 Å². The van der Waals surface area contributed by atoms with Crippen molar-refractivity contribution in [3.63, 3.8) is 0 Å².